The zero-order chi connectivity index (χ0) is 14.4. The van der Waals surface area contributed by atoms with E-state index in [0.29, 0.717) is 12.1 Å². The van der Waals surface area contributed by atoms with Crippen LogP contribution in [0, 0.1) is 0 Å². The summed E-state index contributed by atoms with van der Waals surface area (Å²) in [6, 6.07) is 0.338. The molecule has 2 atom stereocenters. The fraction of sp³-hybridized carbons (Fsp3) is 1.00. The molecule has 2 unspecified atom stereocenters. The molecule has 2 aliphatic rings. The van der Waals surface area contributed by atoms with Crippen molar-refractivity contribution in [3.8, 4) is 0 Å². The number of hydrogen-bond donors (Lipinski definition) is 2. The molecule has 0 aliphatic carbocycles. The Morgan fingerprint density at radius 3 is 2.45 bits per heavy atom. The average molecular weight is 283 g/mol. The van der Waals surface area contributed by atoms with Crippen molar-refractivity contribution >= 4 is 0 Å². The lowest BCUT2D eigenvalue weighted by atomic mass is 9.88. The Morgan fingerprint density at radius 1 is 1.20 bits per heavy atom. The van der Waals surface area contributed by atoms with Gasteiger partial charge >= 0.3 is 0 Å². The lowest BCUT2D eigenvalue weighted by Gasteiger charge is -2.44. The van der Waals surface area contributed by atoms with Crippen molar-refractivity contribution in [3.05, 3.63) is 0 Å². The van der Waals surface area contributed by atoms with Crippen molar-refractivity contribution in [2.75, 3.05) is 19.7 Å². The number of hydrazine groups is 1. The van der Waals surface area contributed by atoms with Crippen LogP contribution in [-0.4, -0.2) is 42.3 Å². The summed E-state index contributed by atoms with van der Waals surface area (Å²) in [6.45, 7) is 8.06. The Balaban J connectivity index is 1.88. The van der Waals surface area contributed by atoms with E-state index in [9.17, 15) is 0 Å². The maximum absolute atomic E-state index is 5.87. The molecule has 2 aliphatic heterocycles. The highest BCUT2D eigenvalue weighted by Gasteiger charge is 2.35. The first kappa shape index (κ1) is 16.2. The van der Waals surface area contributed by atoms with Crippen LogP contribution >= 0.6 is 0 Å². The van der Waals surface area contributed by atoms with Gasteiger partial charge in [0.1, 0.15) is 0 Å². The van der Waals surface area contributed by atoms with Crippen molar-refractivity contribution in [2.24, 2.45) is 5.84 Å². The molecule has 2 rings (SSSR count). The van der Waals surface area contributed by atoms with E-state index in [1.54, 1.807) is 0 Å². The molecule has 0 bridgehead atoms. The SMILES string of the molecule is CC(C)(C(CCC1CCCO1)NN)N1CCCCCC1. The molecule has 0 saturated carbocycles. The molecule has 2 fully saturated rings. The van der Waals surface area contributed by atoms with Gasteiger partial charge in [0.05, 0.1) is 6.10 Å². The maximum Gasteiger partial charge on any atom is 0.0576 e. The van der Waals surface area contributed by atoms with Gasteiger partial charge in [-0.15, -0.1) is 0 Å². The predicted octanol–water partition coefficient (Wildman–Crippen LogP) is 2.43. The molecular weight excluding hydrogens is 250 g/mol. The van der Waals surface area contributed by atoms with Crippen LogP contribution in [0.4, 0.5) is 0 Å². The third-order valence-corrected chi connectivity index (χ3v) is 5.28. The summed E-state index contributed by atoms with van der Waals surface area (Å²) in [6.07, 6.45) is 10.6. The average Bonchev–Trinajstić information content (AvgIpc) is 2.78. The highest BCUT2D eigenvalue weighted by Crippen LogP contribution is 2.27. The minimum Gasteiger partial charge on any atom is -0.378 e. The van der Waals surface area contributed by atoms with Gasteiger partial charge in [-0.3, -0.25) is 16.2 Å². The third kappa shape index (κ3) is 4.17. The highest BCUT2D eigenvalue weighted by molar-refractivity contribution is 4.93. The molecule has 20 heavy (non-hydrogen) atoms. The molecule has 0 amide bonds. The van der Waals surface area contributed by atoms with Crippen LogP contribution in [0.25, 0.3) is 0 Å². The molecule has 2 heterocycles. The fourth-order valence-corrected chi connectivity index (χ4v) is 3.73. The van der Waals surface area contributed by atoms with Gasteiger partial charge in [-0.2, -0.15) is 0 Å². The van der Waals surface area contributed by atoms with Gasteiger partial charge in [0.2, 0.25) is 0 Å². The number of nitrogens with two attached hydrogens (primary N) is 1. The molecule has 3 N–H and O–H groups in total. The third-order valence-electron chi connectivity index (χ3n) is 5.28. The lowest BCUT2D eigenvalue weighted by molar-refractivity contribution is 0.0615. The molecule has 4 heteroatoms. The molecular formula is C16H33N3O. The summed E-state index contributed by atoms with van der Waals surface area (Å²) < 4.78 is 5.74. The van der Waals surface area contributed by atoms with Crippen molar-refractivity contribution in [1.29, 1.82) is 0 Å². The van der Waals surface area contributed by atoms with E-state index in [4.69, 9.17) is 10.6 Å². The van der Waals surface area contributed by atoms with Crippen molar-refractivity contribution in [2.45, 2.75) is 82.9 Å². The molecule has 0 aromatic rings. The van der Waals surface area contributed by atoms with Gasteiger partial charge in [-0.25, -0.2) is 0 Å². The van der Waals surface area contributed by atoms with Gasteiger partial charge in [-0.1, -0.05) is 12.8 Å². The quantitative estimate of drug-likeness (QED) is 0.581. The summed E-state index contributed by atoms with van der Waals surface area (Å²) in [7, 11) is 0. The van der Waals surface area contributed by atoms with Crippen molar-refractivity contribution < 1.29 is 4.74 Å². The summed E-state index contributed by atoms with van der Waals surface area (Å²) in [5, 5.41) is 0. The predicted molar refractivity (Wildman–Crippen MR) is 83.4 cm³/mol. The van der Waals surface area contributed by atoms with E-state index < -0.39 is 0 Å². The Kier molecular flexibility index (Phi) is 6.27. The zero-order valence-corrected chi connectivity index (χ0v) is 13.4. The molecule has 0 spiro atoms. The lowest BCUT2D eigenvalue weighted by Crippen LogP contribution is -2.59. The summed E-state index contributed by atoms with van der Waals surface area (Å²) >= 11 is 0. The van der Waals surface area contributed by atoms with Crippen LogP contribution in [0.5, 0.6) is 0 Å². The molecule has 0 aromatic carbocycles. The van der Waals surface area contributed by atoms with Crippen LogP contribution in [-0.2, 0) is 4.74 Å². The second kappa shape index (κ2) is 7.74. The van der Waals surface area contributed by atoms with E-state index >= 15 is 0 Å². The number of ether oxygens (including phenoxy) is 1. The standard InChI is InChI=1S/C16H33N3O/c1-16(2,19-11-5-3-4-6-12-19)15(18-17)10-9-14-8-7-13-20-14/h14-15,18H,3-13,17H2,1-2H3. The van der Waals surface area contributed by atoms with Crippen LogP contribution in [0.3, 0.4) is 0 Å². The van der Waals surface area contributed by atoms with Crippen LogP contribution in [0.15, 0.2) is 0 Å². The summed E-state index contributed by atoms with van der Waals surface area (Å²) in [5.74, 6) is 5.87. The van der Waals surface area contributed by atoms with Crippen LogP contribution < -0.4 is 11.3 Å². The van der Waals surface area contributed by atoms with Gasteiger partial charge in [0, 0.05) is 18.2 Å². The number of rotatable bonds is 6. The Hall–Kier alpha value is -0.160. The number of hydrogen-bond acceptors (Lipinski definition) is 4. The second-order valence-electron chi connectivity index (χ2n) is 6.99. The van der Waals surface area contributed by atoms with Gasteiger partial charge in [0.25, 0.3) is 0 Å². The minimum absolute atomic E-state index is 0.123. The molecule has 0 aromatic heterocycles. The van der Waals surface area contributed by atoms with Gasteiger partial charge in [-0.05, 0) is 65.5 Å². The molecule has 0 radical (unpaired) electrons. The van der Waals surface area contributed by atoms with E-state index in [-0.39, 0.29) is 5.54 Å². The molecule has 2 saturated heterocycles. The van der Waals surface area contributed by atoms with Gasteiger partial charge < -0.3 is 4.74 Å². The normalized spacial score (nSPS) is 27.4. The Labute approximate surface area is 124 Å². The smallest absolute Gasteiger partial charge is 0.0576 e. The highest BCUT2D eigenvalue weighted by atomic mass is 16.5. The van der Waals surface area contributed by atoms with E-state index in [1.807, 2.05) is 0 Å². The Bertz CT molecular complexity index is 269. The van der Waals surface area contributed by atoms with Crippen LogP contribution in [0.2, 0.25) is 0 Å². The van der Waals surface area contributed by atoms with Crippen molar-refractivity contribution in [3.63, 3.8) is 0 Å². The number of nitrogens with zero attached hydrogens (tertiary/aromatic N) is 1. The monoisotopic (exact) mass is 283 g/mol. The van der Waals surface area contributed by atoms with E-state index in [0.717, 1.165) is 19.4 Å². The van der Waals surface area contributed by atoms with Gasteiger partial charge in [0.15, 0.2) is 0 Å². The largest absolute Gasteiger partial charge is 0.378 e. The maximum atomic E-state index is 5.87. The summed E-state index contributed by atoms with van der Waals surface area (Å²) in [4.78, 5) is 2.64. The van der Waals surface area contributed by atoms with E-state index in [1.165, 1.54) is 51.6 Å². The topological polar surface area (TPSA) is 50.5 Å². The molecule has 118 valence electrons. The van der Waals surface area contributed by atoms with E-state index in [2.05, 4.69) is 24.2 Å². The number of likely N-dealkylation sites (tertiary alicyclic amines) is 1. The first-order valence-electron chi connectivity index (χ1n) is 8.47. The number of nitrogens with one attached hydrogen (secondary N) is 1. The van der Waals surface area contributed by atoms with Crippen molar-refractivity contribution in [1.82, 2.24) is 10.3 Å². The minimum atomic E-state index is 0.123. The van der Waals surface area contributed by atoms with Crippen LogP contribution in [0.1, 0.15) is 65.2 Å². The Morgan fingerprint density at radius 2 is 1.90 bits per heavy atom. The first-order valence-corrected chi connectivity index (χ1v) is 8.47. The molecule has 4 nitrogen and oxygen atoms in total. The zero-order valence-electron chi connectivity index (χ0n) is 13.4. The second-order valence-corrected chi connectivity index (χ2v) is 6.99. The fourth-order valence-electron chi connectivity index (χ4n) is 3.73. The first-order chi connectivity index (χ1) is 9.64. The summed E-state index contributed by atoms with van der Waals surface area (Å²) in [5.41, 5.74) is 3.21.